The fourth-order valence-corrected chi connectivity index (χ4v) is 5.14. The summed E-state index contributed by atoms with van der Waals surface area (Å²) in [5, 5.41) is 10.9. The third-order valence-electron chi connectivity index (χ3n) is 6.66. The van der Waals surface area contributed by atoms with Crippen molar-refractivity contribution in [2.45, 2.75) is 64.6 Å². The number of aliphatic hydroxyl groups excluding tert-OH is 1. The average molecular weight is 356 g/mol. The Morgan fingerprint density at radius 1 is 1.15 bits per heavy atom. The standard InChI is InChI=1S/C22H33N3O/c1-16-6-5-9-20-17(2)21(23-22(16)20)15-24-11-12-25(18-7-3-4-8-18)19(14-24)10-13-26/h5-6,9,18-19,23,26H,3-4,7-8,10-15H2,1-2H3/t19-/m1/s1. The number of aryl methyl sites for hydroxylation is 2. The summed E-state index contributed by atoms with van der Waals surface area (Å²) in [6, 6.07) is 7.82. The lowest BCUT2D eigenvalue weighted by molar-refractivity contribution is 0.0263. The quantitative estimate of drug-likeness (QED) is 0.861. The highest BCUT2D eigenvalue weighted by Crippen LogP contribution is 2.29. The van der Waals surface area contributed by atoms with Crippen LogP contribution in [0.5, 0.6) is 0 Å². The smallest absolute Gasteiger partial charge is 0.0488 e. The van der Waals surface area contributed by atoms with Gasteiger partial charge in [0.05, 0.1) is 0 Å². The Balaban J connectivity index is 1.49. The van der Waals surface area contributed by atoms with Gasteiger partial charge in [0, 0.05) is 61.5 Å². The highest BCUT2D eigenvalue weighted by Gasteiger charge is 2.33. The third-order valence-corrected chi connectivity index (χ3v) is 6.66. The summed E-state index contributed by atoms with van der Waals surface area (Å²) in [6.45, 7) is 9.06. The molecule has 4 nitrogen and oxygen atoms in total. The van der Waals surface area contributed by atoms with Gasteiger partial charge in [0.2, 0.25) is 0 Å². The Labute approximate surface area is 157 Å². The molecule has 0 radical (unpaired) electrons. The molecule has 2 aliphatic rings. The van der Waals surface area contributed by atoms with Crippen molar-refractivity contribution in [3.8, 4) is 0 Å². The molecule has 1 saturated heterocycles. The Bertz CT molecular complexity index is 747. The van der Waals surface area contributed by atoms with Crippen molar-refractivity contribution < 1.29 is 5.11 Å². The third kappa shape index (κ3) is 3.42. The number of rotatable bonds is 5. The van der Waals surface area contributed by atoms with Crippen LogP contribution in [0.4, 0.5) is 0 Å². The molecule has 1 aliphatic heterocycles. The molecule has 1 aromatic carbocycles. The topological polar surface area (TPSA) is 42.5 Å². The molecular formula is C22H33N3O. The van der Waals surface area contributed by atoms with E-state index < -0.39 is 0 Å². The molecule has 26 heavy (non-hydrogen) atoms. The van der Waals surface area contributed by atoms with Crippen LogP contribution in [0.1, 0.15) is 48.9 Å². The fourth-order valence-electron chi connectivity index (χ4n) is 5.14. The average Bonchev–Trinajstić information content (AvgIpc) is 3.26. The minimum atomic E-state index is 0.298. The highest BCUT2D eigenvalue weighted by atomic mass is 16.3. The van der Waals surface area contributed by atoms with Crippen LogP contribution < -0.4 is 0 Å². The maximum absolute atomic E-state index is 9.57. The summed E-state index contributed by atoms with van der Waals surface area (Å²) < 4.78 is 0. The Morgan fingerprint density at radius 2 is 1.96 bits per heavy atom. The van der Waals surface area contributed by atoms with E-state index in [1.54, 1.807) is 0 Å². The molecule has 0 amide bonds. The number of aliphatic hydroxyl groups is 1. The molecule has 2 N–H and O–H groups in total. The molecule has 4 heteroatoms. The summed E-state index contributed by atoms with van der Waals surface area (Å²) in [5.74, 6) is 0. The predicted molar refractivity (Wildman–Crippen MR) is 108 cm³/mol. The number of para-hydroxylation sites is 1. The number of aromatic nitrogens is 1. The monoisotopic (exact) mass is 355 g/mol. The van der Waals surface area contributed by atoms with Crippen LogP contribution in [-0.2, 0) is 6.54 Å². The van der Waals surface area contributed by atoms with E-state index in [-0.39, 0.29) is 0 Å². The van der Waals surface area contributed by atoms with Crippen molar-refractivity contribution in [3.05, 3.63) is 35.0 Å². The maximum atomic E-state index is 9.57. The molecule has 2 aromatic rings. The number of fused-ring (bicyclic) bond motifs is 1. The predicted octanol–water partition coefficient (Wildman–Crippen LogP) is 3.60. The van der Waals surface area contributed by atoms with Gasteiger partial charge < -0.3 is 10.1 Å². The second kappa shape index (κ2) is 7.71. The van der Waals surface area contributed by atoms with Gasteiger partial charge in [-0.05, 0) is 44.2 Å². The van der Waals surface area contributed by atoms with E-state index in [9.17, 15) is 5.11 Å². The van der Waals surface area contributed by atoms with E-state index in [0.29, 0.717) is 12.6 Å². The molecule has 2 heterocycles. The Kier molecular flexibility index (Phi) is 5.35. The SMILES string of the molecule is Cc1c(CN2CCN(C3CCCC3)[C@H](CCO)C2)[nH]c2c(C)cccc12. The number of hydrogen-bond donors (Lipinski definition) is 2. The zero-order chi connectivity index (χ0) is 18.1. The van der Waals surface area contributed by atoms with Crippen molar-refractivity contribution in [2.24, 2.45) is 0 Å². The summed E-state index contributed by atoms with van der Waals surface area (Å²) in [7, 11) is 0. The van der Waals surface area contributed by atoms with E-state index >= 15 is 0 Å². The molecule has 1 aliphatic carbocycles. The minimum absolute atomic E-state index is 0.298. The van der Waals surface area contributed by atoms with Crippen LogP contribution in [0.2, 0.25) is 0 Å². The van der Waals surface area contributed by atoms with Gasteiger partial charge in [-0.25, -0.2) is 0 Å². The Hall–Kier alpha value is -1.36. The number of hydrogen-bond acceptors (Lipinski definition) is 3. The van der Waals surface area contributed by atoms with Gasteiger partial charge in [-0.15, -0.1) is 0 Å². The summed E-state index contributed by atoms with van der Waals surface area (Å²) in [6.07, 6.45) is 6.36. The normalized spacial score (nSPS) is 23.3. The molecule has 1 aromatic heterocycles. The van der Waals surface area contributed by atoms with Gasteiger partial charge in [0.1, 0.15) is 0 Å². The first-order chi connectivity index (χ1) is 12.7. The van der Waals surface area contributed by atoms with Crippen LogP contribution in [0, 0.1) is 13.8 Å². The summed E-state index contributed by atoms with van der Waals surface area (Å²) >= 11 is 0. The lowest BCUT2D eigenvalue weighted by Gasteiger charge is -2.44. The number of benzene rings is 1. The second-order valence-corrected chi connectivity index (χ2v) is 8.30. The van der Waals surface area contributed by atoms with Crippen molar-refractivity contribution in [2.75, 3.05) is 26.2 Å². The van der Waals surface area contributed by atoms with Crippen molar-refractivity contribution >= 4 is 10.9 Å². The summed E-state index contributed by atoms with van der Waals surface area (Å²) in [4.78, 5) is 8.98. The first kappa shape index (κ1) is 18.0. The van der Waals surface area contributed by atoms with Crippen LogP contribution >= 0.6 is 0 Å². The van der Waals surface area contributed by atoms with Gasteiger partial charge in [0.15, 0.2) is 0 Å². The largest absolute Gasteiger partial charge is 0.396 e. The van der Waals surface area contributed by atoms with Crippen LogP contribution in [-0.4, -0.2) is 58.2 Å². The lowest BCUT2D eigenvalue weighted by atomic mass is 10.0. The highest BCUT2D eigenvalue weighted by molar-refractivity contribution is 5.86. The zero-order valence-electron chi connectivity index (χ0n) is 16.3. The molecule has 2 fully saturated rings. The van der Waals surface area contributed by atoms with Crippen molar-refractivity contribution in [1.82, 2.24) is 14.8 Å². The van der Waals surface area contributed by atoms with Crippen LogP contribution in [0.3, 0.4) is 0 Å². The van der Waals surface area contributed by atoms with Gasteiger partial charge in [-0.3, -0.25) is 9.80 Å². The molecule has 0 spiro atoms. The van der Waals surface area contributed by atoms with Crippen molar-refractivity contribution in [1.29, 1.82) is 0 Å². The molecular weight excluding hydrogens is 322 g/mol. The van der Waals surface area contributed by atoms with Gasteiger partial charge in [-0.1, -0.05) is 31.0 Å². The minimum Gasteiger partial charge on any atom is -0.396 e. The van der Waals surface area contributed by atoms with E-state index in [4.69, 9.17) is 0 Å². The molecule has 1 atom stereocenters. The van der Waals surface area contributed by atoms with Crippen LogP contribution in [0.25, 0.3) is 10.9 Å². The molecule has 4 rings (SSSR count). The van der Waals surface area contributed by atoms with Crippen LogP contribution in [0.15, 0.2) is 18.2 Å². The van der Waals surface area contributed by atoms with Gasteiger partial charge in [0.25, 0.3) is 0 Å². The van der Waals surface area contributed by atoms with Gasteiger partial charge in [-0.2, -0.15) is 0 Å². The first-order valence-electron chi connectivity index (χ1n) is 10.3. The molecule has 142 valence electrons. The second-order valence-electron chi connectivity index (χ2n) is 8.30. The van der Waals surface area contributed by atoms with Gasteiger partial charge >= 0.3 is 0 Å². The molecule has 0 bridgehead atoms. The van der Waals surface area contributed by atoms with Crippen molar-refractivity contribution in [3.63, 3.8) is 0 Å². The van der Waals surface area contributed by atoms with E-state index in [1.807, 2.05) is 0 Å². The van der Waals surface area contributed by atoms with E-state index in [0.717, 1.165) is 38.6 Å². The summed E-state index contributed by atoms with van der Waals surface area (Å²) in [5.41, 5.74) is 5.35. The van der Waals surface area contributed by atoms with E-state index in [2.05, 4.69) is 46.8 Å². The fraction of sp³-hybridized carbons (Fsp3) is 0.636. The van der Waals surface area contributed by atoms with E-state index in [1.165, 1.54) is 53.4 Å². The number of aromatic amines is 1. The lowest BCUT2D eigenvalue weighted by Crippen LogP contribution is -2.56. The maximum Gasteiger partial charge on any atom is 0.0488 e. The number of nitrogens with zero attached hydrogens (tertiary/aromatic N) is 2. The Morgan fingerprint density at radius 3 is 2.69 bits per heavy atom. The number of piperazine rings is 1. The first-order valence-corrected chi connectivity index (χ1v) is 10.3. The zero-order valence-corrected chi connectivity index (χ0v) is 16.3. The number of nitrogens with one attached hydrogen (secondary N) is 1. The molecule has 1 saturated carbocycles. The number of H-pyrrole nitrogens is 1. The molecule has 0 unspecified atom stereocenters.